The molecular formula is C17H18F3NO5S. The first-order valence-corrected chi connectivity index (χ1v) is 9.78. The normalized spacial score (nSPS) is 19.2. The number of benzene rings is 1. The molecule has 148 valence electrons. The van der Waals surface area contributed by atoms with Crippen LogP contribution in [0.25, 0.3) is 6.08 Å². The number of rotatable bonds is 5. The summed E-state index contributed by atoms with van der Waals surface area (Å²) < 4.78 is 65.1. The lowest BCUT2D eigenvalue weighted by atomic mass is 10.1. The van der Waals surface area contributed by atoms with Crippen molar-refractivity contribution < 1.29 is 35.9 Å². The van der Waals surface area contributed by atoms with Crippen molar-refractivity contribution in [3.05, 3.63) is 41.5 Å². The predicted octanol–water partition coefficient (Wildman–Crippen LogP) is 1.91. The van der Waals surface area contributed by atoms with Crippen molar-refractivity contribution in [1.82, 2.24) is 4.90 Å². The number of carbonyl (C=O) groups is 2. The molecule has 0 unspecified atom stereocenters. The van der Waals surface area contributed by atoms with Gasteiger partial charge in [0.25, 0.3) is 5.91 Å². The summed E-state index contributed by atoms with van der Waals surface area (Å²) in [4.78, 5) is 24.9. The van der Waals surface area contributed by atoms with Crippen molar-refractivity contribution in [3.8, 4) is 0 Å². The molecule has 2 rings (SSSR count). The zero-order chi connectivity index (χ0) is 20.2. The Labute approximate surface area is 154 Å². The second kappa shape index (κ2) is 8.12. The summed E-state index contributed by atoms with van der Waals surface area (Å²) in [7, 11) is -1.70. The zero-order valence-electron chi connectivity index (χ0n) is 14.4. The second-order valence-corrected chi connectivity index (χ2v) is 8.35. The Morgan fingerprint density at radius 3 is 2.41 bits per heavy atom. The molecule has 1 aliphatic heterocycles. The van der Waals surface area contributed by atoms with E-state index in [-0.39, 0.29) is 11.5 Å². The molecule has 1 fully saturated rings. The molecular weight excluding hydrogens is 387 g/mol. The lowest BCUT2D eigenvalue weighted by Gasteiger charge is -2.22. The third-order valence-electron chi connectivity index (χ3n) is 4.14. The molecule has 0 aromatic heterocycles. The molecule has 1 heterocycles. The molecule has 0 radical (unpaired) electrons. The number of halogens is 3. The summed E-state index contributed by atoms with van der Waals surface area (Å²) in [6.07, 6.45) is -1.84. The van der Waals surface area contributed by atoms with Gasteiger partial charge in [-0.05, 0) is 30.2 Å². The average Bonchev–Trinajstić information content (AvgIpc) is 2.96. The minimum atomic E-state index is -4.44. The van der Waals surface area contributed by atoms with E-state index in [2.05, 4.69) is 0 Å². The van der Waals surface area contributed by atoms with Crippen LogP contribution in [0.15, 0.2) is 30.3 Å². The van der Waals surface area contributed by atoms with Crippen molar-refractivity contribution in [1.29, 1.82) is 0 Å². The van der Waals surface area contributed by atoms with Crippen LogP contribution in [0.1, 0.15) is 17.5 Å². The number of hydrogen-bond acceptors (Lipinski definition) is 5. The Kier molecular flexibility index (Phi) is 6.30. The van der Waals surface area contributed by atoms with E-state index in [9.17, 15) is 31.2 Å². The fourth-order valence-corrected chi connectivity index (χ4v) is 4.29. The van der Waals surface area contributed by atoms with Gasteiger partial charge in [-0.3, -0.25) is 4.79 Å². The maximum absolute atomic E-state index is 12.5. The smallest absolute Gasteiger partial charge is 0.416 e. The Balaban J connectivity index is 1.83. The summed E-state index contributed by atoms with van der Waals surface area (Å²) in [6, 6.07) is 3.74. The SMILES string of the molecule is CN(C(=O)COC(=O)/C=C\c1ccc(C(F)(F)F)cc1)[C@H]1CCS(=O)(=O)C1. The molecule has 1 amide bonds. The standard InChI is InChI=1S/C17H18F3NO5S/c1-21(14-8-9-27(24,25)11-14)15(22)10-26-16(23)7-4-12-2-5-13(6-3-12)17(18,19)20/h2-7,14H,8-11H2,1H3/b7-4-/t14-/m0/s1. The highest BCUT2D eigenvalue weighted by Gasteiger charge is 2.33. The van der Waals surface area contributed by atoms with E-state index in [1.54, 1.807) is 0 Å². The van der Waals surface area contributed by atoms with Crippen molar-refractivity contribution in [2.24, 2.45) is 0 Å². The highest BCUT2D eigenvalue weighted by atomic mass is 32.2. The molecule has 0 bridgehead atoms. The third-order valence-corrected chi connectivity index (χ3v) is 5.89. The van der Waals surface area contributed by atoms with E-state index < -0.39 is 46.1 Å². The van der Waals surface area contributed by atoms with Crippen LogP contribution in [0.2, 0.25) is 0 Å². The zero-order valence-corrected chi connectivity index (χ0v) is 15.2. The van der Waals surface area contributed by atoms with Gasteiger partial charge in [-0.15, -0.1) is 0 Å². The molecule has 6 nitrogen and oxygen atoms in total. The minimum Gasteiger partial charge on any atom is -0.452 e. The van der Waals surface area contributed by atoms with E-state index in [1.165, 1.54) is 30.2 Å². The van der Waals surface area contributed by atoms with E-state index in [0.717, 1.165) is 18.2 Å². The summed E-state index contributed by atoms with van der Waals surface area (Å²) in [5.41, 5.74) is -0.440. The molecule has 0 aliphatic carbocycles. The van der Waals surface area contributed by atoms with Gasteiger partial charge in [0.05, 0.1) is 17.1 Å². The summed E-state index contributed by atoms with van der Waals surface area (Å²) in [5, 5.41) is 0. The van der Waals surface area contributed by atoms with Crippen LogP contribution in [0.4, 0.5) is 13.2 Å². The highest BCUT2D eigenvalue weighted by molar-refractivity contribution is 7.91. The summed E-state index contributed by atoms with van der Waals surface area (Å²) in [5.74, 6) is -1.47. The van der Waals surface area contributed by atoms with Crippen molar-refractivity contribution in [2.75, 3.05) is 25.2 Å². The molecule has 1 saturated heterocycles. The lowest BCUT2D eigenvalue weighted by Crippen LogP contribution is -2.40. The fraction of sp³-hybridized carbons (Fsp3) is 0.412. The Hall–Kier alpha value is -2.36. The van der Waals surface area contributed by atoms with Crippen molar-refractivity contribution in [2.45, 2.75) is 18.6 Å². The number of sulfone groups is 1. The van der Waals surface area contributed by atoms with Gasteiger partial charge in [0.15, 0.2) is 16.4 Å². The van der Waals surface area contributed by atoms with Gasteiger partial charge in [-0.1, -0.05) is 12.1 Å². The second-order valence-electron chi connectivity index (χ2n) is 6.12. The third kappa shape index (κ3) is 6.09. The van der Waals surface area contributed by atoms with Gasteiger partial charge in [-0.25, -0.2) is 13.2 Å². The maximum Gasteiger partial charge on any atom is 0.416 e. The number of hydrogen-bond donors (Lipinski definition) is 0. The first kappa shape index (κ1) is 20.9. The number of carbonyl (C=O) groups excluding carboxylic acids is 2. The molecule has 10 heteroatoms. The van der Waals surface area contributed by atoms with Gasteiger partial charge in [-0.2, -0.15) is 13.2 Å². The Bertz CT molecular complexity index is 831. The average molecular weight is 405 g/mol. The maximum atomic E-state index is 12.5. The van der Waals surface area contributed by atoms with Gasteiger partial charge < -0.3 is 9.64 Å². The van der Waals surface area contributed by atoms with E-state index in [0.29, 0.717) is 12.0 Å². The molecule has 0 N–H and O–H groups in total. The van der Waals surface area contributed by atoms with Crippen LogP contribution in [0, 0.1) is 0 Å². The van der Waals surface area contributed by atoms with Crippen LogP contribution in [0.3, 0.4) is 0 Å². The van der Waals surface area contributed by atoms with Crippen molar-refractivity contribution >= 4 is 27.8 Å². The number of esters is 1. The van der Waals surface area contributed by atoms with Gasteiger partial charge in [0, 0.05) is 19.2 Å². The molecule has 1 aromatic carbocycles. The van der Waals surface area contributed by atoms with E-state index in [1.807, 2.05) is 0 Å². The molecule has 27 heavy (non-hydrogen) atoms. The predicted molar refractivity (Wildman–Crippen MR) is 91.3 cm³/mol. The van der Waals surface area contributed by atoms with Gasteiger partial charge >= 0.3 is 12.1 Å². The number of amides is 1. The Morgan fingerprint density at radius 1 is 1.26 bits per heavy atom. The number of nitrogens with zero attached hydrogens (tertiary/aromatic N) is 1. The molecule has 1 atom stereocenters. The van der Waals surface area contributed by atoms with Gasteiger partial charge in [0.2, 0.25) is 0 Å². The number of likely N-dealkylation sites (N-methyl/N-ethyl adjacent to an activating group) is 1. The van der Waals surface area contributed by atoms with Crippen molar-refractivity contribution in [3.63, 3.8) is 0 Å². The molecule has 0 saturated carbocycles. The fourth-order valence-electron chi connectivity index (χ4n) is 2.51. The van der Waals surface area contributed by atoms with Gasteiger partial charge in [0.1, 0.15) is 0 Å². The molecule has 1 aromatic rings. The number of ether oxygens (including phenoxy) is 1. The first-order chi connectivity index (χ1) is 12.5. The largest absolute Gasteiger partial charge is 0.452 e. The molecule has 0 spiro atoms. The summed E-state index contributed by atoms with van der Waals surface area (Å²) in [6.45, 7) is -0.552. The highest BCUT2D eigenvalue weighted by Crippen LogP contribution is 2.29. The summed E-state index contributed by atoms with van der Waals surface area (Å²) >= 11 is 0. The van der Waals surface area contributed by atoms with Crippen LogP contribution in [-0.2, 0) is 30.3 Å². The van der Waals surface area contributed by atoms with E-state index in [4.69, 9.17) is 4.74 Å². The van der Waals surface area contributed by atoms with E-state index >= 15 is 0 Å². The monoisotopic (exact) mass is 405 g/mol. The van der Waals surface area contributed by atoms with Crippen LogP contribution in [-0.4, -0.2) is 56.4 Å². The Morgan fingerprint density at radius 2 is 1.89 bits per heavy atom. The van der Waals surface area contributed by atoms with Crippen LogP contribution >= 0.6 is 0 Å². The van der Waals surface area contributed by atoms with Crippen LogP contribution < -0.4 is 0 Å². The number of alkyl halides is 3. The van der Waals surface area contributed by atoms with Crippen LogP contribution in [0.5, 0.6) is 0 Å². The molecule has 1 aliphatic rings. The topological polar surface area (TPSA) is 80.8 Å². The quantitative estimate of drug-likeness (QED) is 0.552. The first-order valence-electron chi connectivity index (χ1n) is 7.96. The minimum absolute atomic E-state index is 0.0188. The lowest BCUT2D eigenvalue weighted by molar-refractivity contribution is -0.148.